The molecule has 0 unspecified atom stereocenters. The number of rotatable bonds is 2. The number of benzene rings is 1. The molecule has 3 aromatic rings. The summed E-state index contributed by atoms with van der Waals surface area (Å²) in [6.45, 7) is 6.00. The largest absolute Gasteiger partial charge is 0.380 e. The van der Waals surface area contributed by atoms with Gasteiger partial charge in [0.2, 0.25) is 0 Å². The molecule has 2 heterocycles. The lowest BCUT2D eigenvalue weighted by molar-refractivity contribution is 0.436. The van der Waals surface area contributed by atoms with Crippen LogP contribution < -0.4 is 5.73 Å². The summed E-state index contributed by atoms with van der Waals surface area (Å²) < 4.78 is 5.48. The monoisotopic (exact) mass is 285 g/mol. The van der Waals surface area contributed by atoms with Crippen LogP contribution in [0, 0.1) is 20.8 Å². The van der Waals surface area contributed by atoms with E-state index in [0.717, 1.165) is 32.3 Å². The molecule has 0 spiro atoms. The molecule has 0 amide bonds. The van der Waals surface area contributed by atoms with Crippen LogP contribution in [0.25, 0.3) is 21.8 Å². The second-order valence-corrected chi connectivity index (χ2v) is 5.94. The normalized spacial score (nSPS) is 10.9. The smallest absolute Gasteiger partial charge is 0.188 e. The maximum Gasteiger partial charge on any atom is 0.188 e. The Labute approximate surface area is 121 Å². The number of hydrogen-bond donors (Lipinski definition) is 1. The first-order valence-corrected chi connectivity index (χ1v) is 7.15. The summed E-state index contributed by atoms with van der Waals surface area (Å²) in [5.74, 6) is 1.12. The third kappa shape index (κ3) is 2.00. The summed E-state index contributed by atoms with van der Waals surface area (Å²) in [5, 5.41) is 4.95. The standard InChI is InChI=1S/C15H15N3OS/c1-8-6-4-5-7-11(8)12-13(19-18-15(12)16)14-9(2)17-10(3)20-14/h4-7H,1-3H3,(H2,16,18). The molecule has 0 bridgehead atoms. The lowest BCUT2D eigenvalue weighted by Gasteiger charge is -2.05. The van der Waals surface area contributed by atoms with Crippen LogP contribution in [0.3, 0.4) is 0 Å². The van der Waals surface area contributed by atoms with Gasteiger partial charge < -0.3 is 10.3 Å². The zero-order valence-electron chi connectivity index (χ0n) is 11.6. The number of nitrogens with two attached hydrogens (primary N) is 1. The third-order valence-corrected chi connectivity index (χ3v) is 4.31. The van der Waals surface area contributed by atoms with Crippen molar-refractivity contribution in [1.29, 1.82) is 0 Å². The highest BCUT2D eigenvalue weighted by Gasteiger charge is 2.22. The Morgan fingerprint density at radius 2 is 1.90 bits per heavy atom. The zero-order chi connectivity index (χ0) is 14.3. The summed E-state index contributed by atoms with van der Waals surface area (Å²) in [6.07, 6.45) is 0. The van der Waals surface area contributed by atoms with E-state index in [-0.39, 0.29) is 0 Å². The molecule has 0 fully saturated rings. The molecule has 0 radical (unpaired) electrons. The predicted molar refractivity (Wildman–Crippen MR) is 81.7 cm³/mol. The first-order valence-electron chi connectivity index (χ1n) is 6.33. The lowest BCUT2D eigenvalue weighted by Crippen LogP contribution is -1.90. The van der Waals surface area contributed by atoms with E-state index in [4.69, 9.17) is 10.3 Å². The molecule has 0 saturated heterocycles. The highest BCUT2D eigenvalue weighted by Crippen LogP contribution is 2.41. The van der Waals surface area contributed by atoms with Gasteiger partial charge in [-0.3, -0.25) is 0 Å². The molecule has 5 heteroatoms. The summed E-state index contributed by atoms with van der Waals surface area (Å²) in [5.41, 5.74) is 10.0. The average molecular weight is 285 g/mol. The number of thiazole rings is 1. The Kier molecular flexibility index (Phi) is 3.06. The molecule has 2 aromatic heterocycles. The van der Waals surface area contributed by atoms with Gasteiger partial charge >= 0.3 is 0 Å². The minimum atomic E-state index is 0.416. The summed E-state index contributed by atoms with van der Waals surface area (Å²) >= 11 is 1.60. The van der Waals surface area contributed by atoms with Crippen LogP contribution in [0.4, 0.5) is 5.82 Å². The first kappa shape index (κ1) is 12.9. The SMILES string of the molecule is Cc1nc(C)c(-c2onc(N)c2-c2ccccc2C)s1. The van der Waals surface area contributed by atoms with E-state index in [1.54, 1.807) is 11.3 Å². The van der Waals surface area contributed by atoms with Crippen LogP contribution in [0.2, 0.25) is 0 Å². The van der Waals surface area contributed by atoms with Gasteiger partial charge in [-0.1, -0.05) is 29.4 Å². The van der Waals surface area contributed by atoms with Crippen LogP contribution in [0.15, 0.2) is 28.8 Å². The number of anilines is 1. The molecule has 2 N–H and O–H groups in total. The molecule has 20 heavy (non-hydrogen) atoms. The second kappa shape index (κ2) is 4.76. The molecule has 0 atom stereocenters. The molecular formula is C15H15N3OS. The van der Waals surface area contributed by atoms with Crippen molar-refractivity contribution in [3.8, 4) is 21.8 Å². The van der Waals surface area contributed by atoms with Crippen LogP contribution >= 0.6 is 11.3 Å². The molecule has 0 aliphatic carbocycles. The van der Waals surface area contributed by atoms with E-state index in [1.165, 1.54) is 0 Å². The van der Waals surface area contributed by atoms with Crippen molar-refractivity contribution < 1.29 is 4.52 Å². The van der Waals surface area contributed by atoms with Gasteiger partial charge in [-0.2, -0.15) is 0 Å². The molecular weight excluding hydrogens is 270 g/mol. The molecule has 0 aliphatic heterocycles. The van der Waals surface area contributed by atoms with Gasteiger partial charge in [0.25, 0.3) is 0 Å². The fourth-order valence-electron chi connectivity index (χ4n) is 2.31. The van der Waals surface area contributed by atoms with Gasteiger partial charge in [0, 0.05) is 0 Å². The van der Waals surface area contributed by atoms with E-state index in [2.05, 4.69) is 23.1 Å². The van der Waals surface area contributed by atoms with E-state index >= 15 is 0 Å². The molecule has 3 rings (SSSR count). The van der Waals surface area contributed by atoms with Gasteiger partial charge in [0.1, 0.15) is 0 Å². The fraction of sp³-hybridized carbons (Fsp3) is 0.200. The summed E-state index contributed by atoms with van der Waals surface area (Å²) in [7, 11) is 0. The number of nitrogens with zero attached hydrogens (tertiary/aromatic N) is 2. The molecule has 0 saturated carbocycles. The minimum Gasteiger partial charge on any atom is -0.380 e. The van der Waals surface area contributed by atoms with Gasteiger partial charge in [0.15, 0.2) is 11.6 Å². The van der Waals surface area contributed by atoms with Gasteiger partial charge in [-0.25, -0.2) is 4.98 Å². The van der Waals surface area contributed by atoms with E-state index in [0.29, 0.717) is 11.6 Å². The number of nitrogen functional groups attached to an aromatic ring is 1. The minimum absolute atomic E-state index is 0.416. The van der Waals surface area contributed by atoms with Crippen molar-refractivity contribution >= 4 is 17.2 Å². The quantitative estimate of drug-likeness (QED) is 0.773. The summed E-state index contributed by atoms with van der Waals surface area (Å²) in [4.78, 5) is 5.43. The van der Waals surface area contributed by atoms with Crippen molar-refractivity contribution in [3.63, 3.8) is 0 Å². The molecule has 4 nitrogen and oxygen atoms in total. The van der Waals surface area contributed by atoms with Crippen molar-refractivity contribution in [2.45, 2.75) is 20.8 Å². The zero-order valence-corrected chi connectivity index (χ0v) is 12.4. The van der Waals surface area contributed by atoms with Crippen LogP contribution in [-0.4, -0.2) is 10.1 Å². The van der Waals surface area contributed by atoms with Crippen molar-refractivity contribution in [1.82, 2.24) is 10.1 Å². The fourth-order valence-corrected chi connectivity index (χ4v) is 3.22. The topological polar surface area (TPSA) is 64.9 Å². The Balaban J connectivity index is 2.26. The van der Waals surface area contributed by atoms with E-state index < -0.39 is 0 Å². The highest BCUT2D eigenvalue weighted by molar-refractivity contribution is 7.15. The second-order valence-electron chi connectivity index (χ2n) is 4.73. The van der Waals surface area contributed by atoms with Crippen molar-refractivity contribution in [2.24, 2.45) is 0 Å². The van der Waals surface area contributed by atoms with Gasteiger partial charge in [-0.05, 0) is 31.9 Å². The van der Waals surface area contributed by atoms with E-state index in [9.17, 15) is 0 Å². The summed E-state index contributed by atoms with van der Waals surface area (Å²) in [6, 6.07) is 8.08. The highest BCUT2D eigenvalue weighted by atomic mass is 32.1. The van der Waals surface area contributed by atoms with Crippen molar-refractivity contribution in [3.05, 3.63) is 40.5 Å². The molecule has 1 aromatic carbocycles. The maximum atomic E-state index is 6.02. The number of hydrogen-bond acceptors (Lipinski definition) is 5. The van der Waals surface area contributed by atoms with Gasteiger partial charge in [0.05, 0.1) is 21.1 Å². The number of aromatic nitrogens is 2. The van der Waals surface area contributed by atoms with Gasteiger partial charge in [-0.15, -0.1) is 11.3 Å². The van der Waals surface area contributed by atoms with E-state index in [1.807, 2.05) is 32.0 Å². The molecule has 102 valence electrons. The van der Waals surface area contributed by atoms with Crippen molar-refractivity contribution in [2.75, 3.05) is 5.73 Å². The number of aryl methyl sites for hydroxylation is 3. The third-order valence-electron chi connectivity index (χ3n) is 3.24. The Morgan fingerprint density at radius 3 is 2.55 bits per heavy atom. The molecule has 0 aliphatic rings. The average Bonchev–Trinajstić information content (AvgIpc) is 2.93. The first-order chi connectivity index (χ1) is 9.58. The van der Waals surface area contributed by atoms with Crippen LogP contribution in [0.5, 0.6) is 0 Å². The Morgan fingerprint density at radius 1 is 1.15 bits per heavy atom. The Bertz CT molecular complexity index is 773. The lowest BCUT2D eigenvalue weighted by atomic mass is 10.00. The van der Waals surface area contributed by atoms with Crippen LogP contribution in [-0.2, 0) is 0 Å². The predicted octanol–water partition coefficient (Wildman–Crippen LogP) is 3.97. The Hall–Kier alpha value is -2.14. The maximum absolute atomic E-state index is 6.02. The van der Waals surface area contributed by atoms with Crippen LogP contribution in [0.1, 0.15) is 16.3 Å².